The lowest BCUT2D eigenvalue weighted by atomic mass is 10.7. The van der Waals surface area contributed by atoms with Crippen molar-refractivity contribution in [3.63, 3.8) is 0 Å². The van der Waals surface area contributed by atoms with E-state index < -0.39 is 6.23 Å². The van der Waals surface area contributed by atoms with E-state index in [9.17, 15) is 0 Å². The number of nitrogens with one attached hydrogen (secondary N) is 2. The van der Waals surface area contributed by atoms with Crippen molar-refractivity contribution in [1.82, 2.24) is 10.6 Å². The van der Waals surface area contributed by atoms with Crippen LogP contribution in [-0.2, 0) is 0 Å². The van der Waals surface area contributed by atoms with Crippen LogP contribution in [0.25, 0.3) is 0 Å². The summed E-state index contributed by atoms with van der Waals surface area (Å²) in [4.78, 5) is 0. The largest absolute Gasteiger partial charge is 0.374 e. The fraction of sp³-hybridized carbons (Fsp3) is 0.750. The van der Waals surface area contributed by atoms with Crippen molar-refractivity contribution in [3.05, 3.63) is 0 Å². The minimum absolute atomic E-state index is 0.458. The van der Waals surface area contributed by atoms with Gasteiger partial charge >= 0.3 is 0 Å². The summed E-state index contributed by atoms with van der Waals surface area (Å²) >= 11 is 4.65. The molecule has 0 aliphatic rings. The normalized spacial score (nSPS) is 12.4. The number of aliphatic hydroxyl groups excluding tert-OH is 1. The zero-order valence-electron chi connectivity index (χ0n) is 4.93. The first-order valence-electron chi connectivity index (χ1n) is 2.33. The molecular weight excluding hydrogens is 124 g/mol. The van der Waals surface area contributed by atoms with Crippen LogP contribution in [0.5, 0.6) is 0 Å². The van der Waals surface area contributed by atoms with E-state index in [4.69, 9.17) is 5.11 Å². The van der Waals surface area contributed by atoms with E-state index in [1.807, 2.05) is 0 Å². The highest BCUT2D eigenvalue weighted by molar-refractivity contribution is 7.80. The van der Waals surface area contributed by atoms with Crippen LogP contribution in [0, 0.1) is 0 Å². The zero-order chi connectivity index (χ0) is 6.57. The van der Waals surface area contributed by atoms with Gasteiger partial charge in [0, 0.05) is 7.05 Å². The molecule has 0 saturated heterocycles. The first-order chi connectivity index (χ1) is 3.66. The smallest absolute Gasteiger partial charge is 0.168 e. The maximum absolute atomic E-state index is 8.62. The summed E-state index contributed by atoms with van der Waals surface area (Å²) in [5.74, 6) is 0. The lowest BCUT2D eigenvalue weighted by Gasteiger charge is -2.07. The zero-order valence-corrected chi connectivity index (χ0v) is 5.75. The third kappa shape index (κ3) is 3.83. The molecule has 0 aliphatic heterocycles. The maximum Gasteiger partial charge on any atom is 0.168 e. The maximum atomic E-state index is 8.62. The number of thiocarbonyl (C=S) groups is 1. The predicted octanol–water partition coefficient (Wildman–Crippen LogP) is -0.581. The Morgan fingerprint density at radius 1 is 1.75 bits per heavy atom. The molecule has 3 nitrogen and oxygen atoms in total. The summed E-state index contributed by atoms with van der Waals surface area (Å²) in [6.45, 7) is 1.60. The van der Waals surface area contributed by atoms with E-state index in [-0.39, 0.29) is 0 Å². The third-order valence-electron chi connectivity index (χ3n) is 0.567. The van der Waals surface area contributed by atoms with Crippen LogP contribution in [0.1, 0.15) is 6.92 Å². The molecule has 1 atom stereocenters. The Balaban J connectivity index is 3.25. The lowest BCUT2D eigenvalue weighted by Crippen LogP contribution is -2.38. The first-order valence-corrected chi connectivity index (χ1v) is 2.74. The number of rotatable bonds is 1. The SMILES string of the molecule is CNC(=S)NC(C)O. The molecule has 0 amide bonds. The van der Waals surface area contributed by atoms with Crippen LogP contribution < -0.4 is 10.6 Å². The molecule has 0 heterocycles. The lowest BCUT2D eigenvalue weighted by molar-refractivity contribution is 0.180. The number of hydrogen-bond donors (Lipinski definition) is 3. The molecule has 0 saturated carbocycles. The van der Waals surface area contributed by atoms with Gasteiger partial charge in [0.25, 0.3) is 0 Å². The minimum atomic E-state index is -0.574. The summed E-state index contributed by atoms with van der Waals surface area (Å²) in [6.07, 6.45) is -0.574. The van der Waals surface area contributed by atoms with Gasteiger partial charge in [0.2, 0.25) is 0 Å². The van der Waals surface area contributed by atoms with Crippen molar-refractivity contribution in [1.29, 1.82) is 0 Å². The highest BCUT2D eigenvalue weighted by Gasteiger charge is 1.92. The first kappa shape index (κ1) is 7.65. The molecule has 8 heavy (non-hydrogen) atoms. The Labute approximate surface area is 54.1 Å². The molecule has 0 rings (SSSR count). The van der Waals surface area contributed by atoms with Crippen LogP contribution in [-0.4, -0.2) is 23.5 Å². The standard InChI is InChI=1S/C4H10N2OS/c1-3(7)6-4(8)5-2/h3,7H,1-2H3,(H2,5,6,8). The Hall–Kier alpha value is -0.350. The quantitative estimate of drug-likeness (QED) is 0.331. The molecule has 48 valence electrons. The van der Waals surface area contributed by atoms with Gasteiger partial charge in [-0.3, -0.25) is 0 Å². The second kappa shape index (κ2) is 3.63. The summed E-state index contributed by atoms with van der Waals surface area (Å²) in [5, 5.41) is 14.3. The fourth-order valence-electron chi connectivity index (χ4n) is 0.262. The molecule has 0 bridgehead atoms. The molecule has 4 heteroatoms. The van der Waals surface area contributed by atoms with Gasteiger partial charge in [0.1, 0.15) is 6.23 Å². The average Bonchev–Trinajstić information content (AvgIpc) is 1.65. The third-order valence-corrected chi connectivity index (χ3v) is 0.889. The van der Waals surface area contributed by atoms with E-state index in [0.29, 0.717) is 5.11 Å². The second-order valence-corrected chi connectivity index (χ2v) is 1.81. The molecule has 1 unspecified atom stereocenters. The van der Waals surface area contributed by atoms with Crippen molar-refractivity contribution in [2.45, 2.75) is 13.2 Å². The van der Waals surface area contributed by atoms with Crippen molar-refractivity contribution in [2.24, 2.45) is 0 Å². The van der Waals surface area contributed by atoms with E-state index in [1.54, 1.807) is 14.0 Å². The molecular formula is C4H10N2OS. The van der Waals surface area contributed by atoms with E-state index in [0.717, 1.165) is 0 Å². The second-order valence-electron chi connectivity index (χ2n) is 1.40. The minimum Gasteiger partial charge on any atom is -0.374 e. The molecule has 0 radical (unpaired) electrons. The summed E-state index contributed by atoms with van der Waals surface area (Å²) in [6, 6.07) is 0. The molecule has 0 aromatic carbocycles. The van der Waals surface area contributed by atoms with Gasteiger partial charge in [-0.1, -0.05) is 0 Å². The topological polar surface area (TPSA) is 44.3 Å². The summed E-state index contributed by atoms with van der Waals surface area (Å²) < 4.78 is 0. The van der Waals surface area contributed by atoms with Gasteiger partial charge in [-0.25, -0.2) is 0 Å². The number of aliphatic hydroxyl groups is 1. The van der Waals surface area contributed by atoms with Crippen LogP contribution in [0.15, 0.2) is 0 Å². The molecule has 0 fully saturated rings. The number of hydrogen-bond acceptors (Lipinski definition) is 2. The Morgan fingerprint density at radius 3 is 2.38 bits per heavy atom. The van der Waals surface area contributed by atoms with Gasteiger partial charge < -0.3 is 15.7 Å². The van der Waals surface area contributed by atoms with Crippen molar-refractivity contribution in [3.8, 4) is 0 Å². The van der Waals surface area contributed by atoms with Crippen molar-refractivity contribution >= 4 is 17.3 Å². The van der Waals surface area contributed by atoms with Crippen molar-refractivity contribution < 1.29 is 5.11 Å². The Bertz CT molecular complexity index is 84.1. The average molecular weight is 134 g/mol. The Kier molecular flexibility index (Phi) is 3.47. The van der Waals surface area contributed by atoms with Crippen LogP contribution in [0.4, 0.5) is 0 Å². The predicted molar refractivity (Wildman–Crippen MR) is 36.5 cm³/mol. The van der Waals surface area contributed by atoms with Crippen LogP contribution in [0.2, 0.25) is 0 Å². The van der Waals surface area contributed by atoms with Gasteiger partial charge in [-0.2, -0.15) is 0 Å². The van der Waals surface area contributed by atoms with Gasteiger partial charge in [0.15, 0.2) is 5.11 Å². The highest BCUT2D eigenvalue weighted by atomic mass is 32.1. The molecule has 3 N–H and O–H groups in total. The monoisotopic (exact) mass is 134 g/mol. The Morgan fingerprint density at radius 2 is 2.25 bits per heavy atom. The van der Waals surface area contributed by atoms with Crippen molar-refractivity contribution in [2.75, 3.05) is 7.05 Å². The van der Waals surface area contributed by atoms with Gasteiger partial charge in [-0.05, 0) is 19.1 Å². The van der Waals surface area contributed by atoms with E-state index in [2.05, 4.69) is 22.9 Å². The molecule has 0 spiro atoms. The summed E-state index contributed by atoms with van der Waals surface area (Å²) in [5.41, 5.74) is 0. The van der Waals surface area contributed by atoms with Crippen LogP contribution >= 0.6 is 12.2 Å². The summed E-state index contributed by atoms with van der Waals surface area (Å²) in [7, 11) is 1.69. The van der Waals surface area contributed by atoms with E-state index in [1.165, 1.54) is 0 Å². The fourth-order valence-corrected chi connectivity index (χ4v) is 0.432. The molecule has 0 aromatic rings. The van der Waals surface area contributed by atoms with E-state index >= 15 is 0 Å². The highest BCUT2D eigenvalue weighted by Crippen LogP contribution is 1.69. The van der Waals surface area contributed by atoms with Gasteiger partial charge in [-0.15, -0.1) is 0 Å². The van der Waals surface area contributed by atoms with Gasteiger partial charge in [0.05, 0.1) is 0 Å². The van der Waals surface area contributed by atoms with Crippen LogP contribution in [0.3, 0.4) is 0 Å². The molecule has 0 aliphatic carbocycles. The molecule has 0 aromatic heterocycles.